The van der Waals surface area contributed by atoms with Crippen LogP contribution in [-0.4, -0.2) is 34.2 Å². The first kappa shape index (κ1) is 10.1. The molecule has 1 fully saturated rings. The van der Waals surface area contributed by atoms with E-state index in [1.165, 1.54) is 4.90 Å². The third-order valence-electron chi connectivity index (χ3n) is 3.23. The number of amides is 1. The Morgan fingerprint density at radius 1 is 1.35 bits per heavy atom. The van der Waals surface area contributed by atoms with Crippen LogP contribution in [0.3, 0.4) is 0 Å². The van der Waals surface area contributed by atoms with Gasteiger partial charge in [-0.05, 0) is 18.6 Å². The third kappa shape index (κ3) is 1.39. The average Bonchev–Trinajstić information content (AvgIpc) is 2.73. The molecule has 0 bridgehead atoms. The Kier molecular flexibility index (Phi) is 2.07. The van der Waals surface area contributed by atoms with Gasteiger partial charge in [-0.2, -0.15) is 0 Å². The molecule has 1 aromatic rings. The summed E-state index contributed by atoms with van der Waals surface area (Å²) >= 11 is 0. The van der Waals surface area contributed by atoms with E-state index in [0.717, 1.165) is 0 Å². The zero-order valence-electron chi connectivity index (χ0n) is 9.00. The normalized spacial score (nSPS) is 26.1. The predicted octanol–water partition coefficient (Wildman–Crippen LogP) is 1.09. The summed E-state index contributed by atoms with van der Waals surface area (Å²) in [7, 11) is 0. The van der Waals surface area contributed by atoms with Crippen LogP contribution in [0.5, 0.6) is 5.75 Å². The SMILES string of the molecule is O=C(O)[C@@H]1CC[C@H]2Oc3ccccc3C(=O)N21. The Bertz CT molecular complexity index is 499. The second kappa shape index (κ2) is 3.48. The Hall–Kier alpha value is -2.04. The van der Waals surface area contributed by atoms with Crippen LogP contribution >= 0.6 is 0 Å². The minimum Gasteiger partial charge on any atom is -0.480 e. The minimum atomic E-state index is -0.969. The first-order chi connectivity index (χ1) is 8.18. The van der Waals surface area contributed by atoms with Gasteiger partial charge in [0.15, 0.2) is 6.23 Å². The molecule has 88 valence electrons. The summed E-state index contributed by atoms with van der Waals surface area (Å²) in [5.41, 5.74) is 0.442. The molecule has 2 aliphatic heterocycles. The molecule has 0 aliphatic carbocycles. The highest BCUT2D eigenvalue weighted by Gasteiger charge is 2.45. The lowest BCUT2D eigenvalue weighted by Gasteiger charge is -2.33. The lowest BCUT2D eigenvalue weighted by Crippen LogP contribution is -2.49. The van der Waals surface area contributed by atoms with Gasteiger partial charge in [0.05, 0.1) is 5.56 Å². The standard InChI is InChI=1S/C12H11NO4/c14-11-7-3-1-2-4-9(7)17-10-6-5-8(12(15)16)13(10)11/h1-4,8,10H,5-6H2,(H,15,16)/t8-,10+/m0/s1. The number of fused-ring (bicyclic) bond motifs is 2. The molecule has 1 amide bonds. The molecule has 2 aliphatic rings. The number of carbonyl (C=O) groups is 2. The maximum atomic E-state index is 12.2. The van der Waals surface area contributed by atoms with E-state index in [4.69, 9.17) is 9.84 Å². The van der Waals surface area contributed by atoms with Crippen molar-refractivity contribution in [3.63, 3.8) is 0 Å². The van der Waals surface area contributed by atoms with Crippen LogP contribution in [0.25, 0.3) is 0 Å². The maximum absolute atomic E-state index is 12.2. The molecule has 2 heterocycles. The summed E-state index contributed by atoms with van der Waals surface area (Å²) < 4.78 is 5.65. The maximum Gasteiger partial charge on any atom is 0.326 e. The summed E-state index contributed by atoms with van der Waals surface area (Å²) in [6, 6.07) is 6.17. The van der Waals surface area contributed by atoms with E-state index in [-0.39, 0.29) is 5.91 Å². The van der Waals surface area contributed by atoms with Crippen molar-refractivity contribution >= 4 is 11.9 Å². The lowest BCUT2D eigenvalue weighted by atomic mass is 10.1. The van der Waals surface area contributed by atoms with Crippen molar-refractivity contribution in [2.24, 2.45) is 0 Å². The zero-order chi connectivity index (χ0) is 12.0. The Balaban J connectivity index is 2.03. The predicted molar refractivity (Wildman–Crippen MR) is 57.7 cm³/mol. The van der Waals surface area contributed by atoms with Crippen molar-refractivity contribution in [3.8, 4) is 5.75 Å². The van der Waals surface area contributed by atoms with Crippen LogP contribution in [0.1, 0.15) is 23.2 Å². The molecule has 0 saturated carbocycles. The number of aliphatic carboxylic acids is 1. The molecule has 5 nitrogen and oxygen atoms in total. The Labute approximate surface area is 97.6 Å². The van der Waals surface area contributed by atoms with E-state index >= 15 is 0 Å². The smallest absolute Gasteiger partial charge is 0.326 e. The molecule has 1 aromatic carbocycles. The molecule has 0 spiro atoms. The number of ether oxygens (including phenoxy) is 1. The monoisotopic (exact) mass is 233 g/mol. The van der Waals surface area contributed by atoms with Gasteiger partial charge in [0.1, 0.15) is 11.8 Å². The molecular formula is C12H11NO4. The van der Waals surface area contributed by atoms with E-state index in [1.54, 1.807) is 24.3 Å². The fourth-order valence-electron chi connectivity index (χ4n) is 2.44. The largest absolute Gasteiger partial charge is 0.480 e. The highest BCUT2D eigenvalue weighted by Crippen LogP contribution is 2.35. The van der Waals surface area contributed by atoms with Gasteiger partial charge in [0, 0.05) is 6.42 Å². The van der Waals surface area contributed by atoms with Crippen molar-refractivity contribution in [2.75, 3.05) is 0 Å². The van der Waals surface area contributed by atoms with E-state index in [0.29, 0.717) is 24.2 Å². The van der Waals surface area contributed by atoms with Crippen LogP contribution in [-0.2, 0) is 4.79 Å². The molecule has 0 aromatic heterocycles. The average molecular weight is 233 g/mol. The number of nitrogens with zero attached hydrogens (tertiary/aromatic N) is 1. The van der Waals surface area contributed by atoms with Crippen molar-refractivity contribution in [1.82, 2.24) is 4.90 Å². The van der Waals surface area contributed by atoms with Crippen LogP contribution in [0.2, 0.25) is 0 Å². The first-order valence-corrected chi connectivity index (χ1v) is 5.49. The van der Waals surface area contributed by atoms with Crippen LogP contribution < -0.4 is 4.74 Å². The third-order valence-corrected chi connectivity index (χ3v) is 3.23. The number of carboxylic acid groups (broad SMARTS) is 1. The fraction of sp³-hybridized carbons (Fsp3) is 0.333. The zero-order valence-corrected chi connectivity index (χ0v) is 9.00. The second-order valence-corrected chi connectivity index (χ2v) is 4.21. The van der Waals surface area contributed by atoms with Gasteiger partial charge in [-0.25, -0.2) is 4.79 Å². The van der Waals surface area contributed by atoms with Crippen molar-refractivity contribution < 1.29 is 19.4 Å². The molecule has 1 N–H and O–H groups in total. The molecule has 1 saturated heterocycles. The van der Waals surface area contributed by atoms with Crippen LogP contribution in [0, 0.1) is 0 Å². The molecule has 3 rings (SSSR count). The van der Waals surface area contributed by atoms with Crippen molar-refractivity contribution in [1.29, 1.82) is 0 Å². The number of carboxylic acids is 1. The van der Waals surface area contributed by atoms with Crippen molar-refractivity contribution in [3.05, 3.63) is 29.8 Å². The molecule has 0 unspecified atom stereocenters. The van der Waals surface area contributed by atoms with Gasteiger partial charge in [0.2, 0.25) is 0 Å². The van der Waals surface area contributed by atoms with Crippen LogP contribution in [0.15, 0.2) is 24.3 Å². The summed E-state index contributed by atoms with van der Waals surface area (Å²) in [5.74, 6) is -0.671. The van der Waals surface area contributed by atoms with E-state index in [9.17, 15) is 9.59 Å². The van der Waals surface area contributed by atoms with Crippen molar-refractivity contribution in [2.45, 2.75) is 25.1 Å². The molecule has 0 radical (unpaired) electrons. The highest BCUT2D eigenvalue weighted by atomic mass is 16.5. The number of carbonyl (C=O) groups excluding carboxylic acids is 1. The Morgan fingerprint density at radius 2 is 2.12 bits per heavy atom. The minimum absolute atomic E-state index is 0.248. The molecule has 5 heteroatoms. The number of hydrogen-bond acceptors (Lipinski definition) is 3. The summed E-state index contributed by atoms with van der Waals surface area (Å²) in [4.78, 5) is 24.6. The quantitative estimate of drug-likeness (QED) is 0.788. The second-order valence-electron chi connectivity index (χ2n) is 4.21. The topological polar surface area (TPSA) is 66.8 Å². The lowest BCUT2D eigenvalue weighted by molar-refractivity contribution is -0.143. The first-order valence-electron chi connectivity index (χ1n) is 5.49. The van der Waals surface area contributed by atoms with Gasteiger partial charge in [-0.3, -0.25) is 9.69 Å². The Morgan fingerprint density at radius 3 is 2.88 bits per heavy atom. The number of para-hydroxylation sites is 1. The summed E-state index contributed by atoms with van der Waals surface area (Å²) in [6.45, 7) is 0. The molecule has 17 heavy (non-hydrogen) atoms. The van der Waals surface area contributed by atoms with Gasteiger partial charge >= 0.3 is 5.97 Å². The van der Waals surface area contributed by atoms with E-state index < -0.39 is 18.2 Å². The summed E-state index contributed by atoms with van der Waals surface area (Å²) in [6.07, 6.45) is 0.579. The number of rotatable bonds is 1. The van der Waals surface area contributed by atoms with Gasteiger partial charge in [-0.15, -0.1) is 0 Å². The fourth-order valence-corrected chi connectivity index (χ4v) is 2.44. The van der Waals surface area contributed by atoms with Gasteiger partial charge in [0.25, 0.3) is 5.91 Å². The van der Waals surface area contributed by atoms with Crippen LogP contribution in [0.4, 0.5) is 0 Å². The molecular weight excluding hydrogens is 222 g/mol. The summed E-state index contributed by atoms with van der Waals surface area (Å²) in [5, 5.41) is 9.07. The number of hydrogen-bond donors (Lipinski definition) is 1. The highest BCUT2D eigenvalue weighted by molar-refractivity contribution is 6.00. The number of benzene rings is 1. The van der Waals surface area contributed by atoms with Gasteiger partial charge < -0.3 is 9.84 Å². The van der Waals surface area contributed by atoms with Gasteiger partial charge in [-0.1, -0.05) is 12.1 Å². The van der Waals surface area contributed by atoms with E-state index in [1.807, 2.05) is 0 Å². The molecule has 2 atom stereocenters. The van der Waals surface area contributed by atoms with E-state index in [2.05, 4.69) is 0 Å².